The van der Waals surface area contributed by atoms with Gasteiger partial charge in [-0.3, -0.25) is 0 Å². The van der Waals surface area contributed by atoms with Crippen LogP contribution in [-0.4, -0.2) is 33.8 Å². The van der Waals surface area contributed by atoms with Gasteiger partial charge >= 0.3 is 5.97 Å². The Hall–Kier alpha value is -2.17. The molecule has 1 aromatic rings. The number of rotatable bonds is 6. The normalized spacial score (nSPS) is 10.8. The molecule has 0 aliphatic rings. The fraction of sp³-hybridized carbons (Fsp3) is 0.357. The highest BCUT2D eigenvalue weighted by Gasteiger charge is 2.05. The summed E-state index contributed by atoms with van der Waals surface area (Å²) in [5.74, 6) is 1.08. The minimum atomic E-state index is -0.330. The average Bonchev–Trinajstić information content (AvgIpc) is 2.46. The summed E-state index contributed by atoms with van der Waals surface area (Å²) in [4.78, 5) is 11.2. The monoisotopic (exact) mass is 265 g/mol. The zero-order valence-electron chi connectivity index (χ0n) is 11.6. The first-order valence-electron chi connectivity index (χ1n) is 5.83. The van der Waals surface area contributed by atoms with Crippen LogP contribution in [0.4, 0.5) is 5.69 Å². The number of anilines is 1. The highest BCUT2D eigenvalue weighted by molar-refractivity contribution is 5.87. The van der Waals surface area contributed by atoms with Crippen molar-refractivity contribution in [3.05, 3.63) is 29.8 Å². The molecule has 0 aliphatic carbocycles. The molecule has 0 aliphatic heterocycles. The first-order chi connectivity index (χ1) is 9.12. The first-order valence-corrected chi connectivity index (χ1v) is 5.83. The summed E-state index contributed by atoms with van der Waals surface area (Å²) in [6, 6.07) is 5.49. The largest absolute Gasteiger partial charge is 0.497 e. The molecule has 0 aromatic heterocycles. The molecule has 0 bridgehead atoms. The van der Waals surface area contributed by atoms with Crippen LogP contribution in [0.1, 0.15) is 6.92 Å². The summed E-state index contributed by atoms with van der Waals surface area (Å²) >= 11 is 0. The van der Waals surface area contributed by atoms with Gasteiger partial charge in [0.05, 0.1) is 27.0 Å². The van der Waals surface area contributed by atoms with E-state index in [9.17, 15) is 4.79 Å². The summed E-state index contributed by atoms with van der Waals surface area (Å²) in [7, 11) is 4.55. The summed E-state index contributed by atoms with van der Waals surface area (Å²) in [6.07, 6.45) is 1.76. The maximum absolute atomic E-state index is 11.2. The molecule has 0 saturated heterocycles. The highest BCUT2D eigenvalue weighted by Crippen LogP contribution is 2.28. The second kappa shape index (κ2) is 7.31. The van der Waals surface area contributed by atoms with Gasteiger partial charge in [0.1, 0.15) is 11.5 Å². The van der Waals surface area contributed by atoms with Crippen LogP contribution in [0, 0.1) is 0 Å². The lowest BCUT2D eigenvalue weighted by Crippen LogP contribution is -2.06. The van der Waals surface area contributed by atoms with E-state index in [1.165, 1.54) is 7.11 Å². The zero-order chi connectivity index (χ0) is 14.3. The number of hydrogen-bond donors (Lipinski definition) is 1. The van der Waals surface area contributed by atoms with Gasteiger partial charge < -0.3 is 19.5 Å². The number of methoxy groups -OCH3 is 3. The lowest BCUT2D eigenvalue weighted by atomic mass is 10.2. The quantitative estimate of drug-likeness (QED) is 0.631. The Morgan fingerprint density at radius 2 is 2.00 bits per heavy atom. The zero-order valence-corrected chi connectivity index (χ0v) is 11.6. The van der Waals surface area contributed by atoms with Crippen molar-refractivity contribution in [1.29, 1.82) is 0 Å². The number of nitrogens with one attached hydrogen (secondary N) is 1. The number of carbonyl (C=O) groups is 1. The maximum atomic E-state index is 11.2. The predicted octanol–water partition coefficient (Wildman–Crippen LogP) is 2.24. The van der Waals surface area contributed by atoms with Gasteiger partial charge in [0, 0.05) is 18.2 Å². The molecule has 0 atom stereocenters. The molecule has 5 heteroatoms. The Morgan fingerprint density at radius 3 is 2.58 bits per heavy atom. The average molecular weight is 265 g/mol. The van der Waals surface area contributed by atoms with Crippen LogP contribution in [0.5, 0.6) is 11.5 Å². The van der Waals surface area contributed by atoms with Gasteiger partial charge in [-0.25, -0.2) is 4.79 Å². The fourth-order valence-electron chi connectivity index (χ4n) is 1.50. The Labute approximate surface area is 113 Å². The molecule has 1 rings (SSSR count). The Bertz CT molecular complexity index is 469. The van der Waals surface area contributed by atoms with Crippen molar-refractivity contribution in [2.45, 2.75) is 6.92 Å². The predicted molar refractivity (Wildman–Crippen MR) is 73.8 cm³/mol. The van der Waals surface area contributed by atoms with Gasteiger partial charge in [0.25, 0.3) is 0 Å². The molecule has 104 valence electrons. The first kappa shape index (κ1) is 14.9. The van der Waals surface area contributed by atoms with Gasteiger partial charge in [-0.05, 0) is 19.1 Å². The molecule has 0 unspecified atom stereocenters. The smallest absolute Gasteiger partial charge is 0.333 e. The van der Waals surface area contributed by atoms with E-state index in [0.29, 0.717) is 17.9 Å². The standard InChI is InChI=1S/C14H19NO4/c1-10(14(16)19-4)7-8-15-12-6-5-11(17-2)9-13(12)18-3/h5-7,9,15H,8H2,1-4H3/b10-7+. The van der Waals surface area contributed by atoms with Crippen LogP contribution in [0.2, 0.25) is 0 Å². The van der Waals surface area contributed by atoms with Crippen molar-refractivity contribution in [2.24, 2.45) is 0 Å². The van der Waals surface area contributed by atoms with Crippen molar-refractivity contribution < 1.29 is 19.0 Å². The maximum Gasteiger partial charge on any atom is 0.333 e. The Balaban J connectivity index is 2.70. The van der Waals surface area contributed by atoms with E-state index in [4.69, 9.17) is 9.47 Å². The molecule has 19 heavy (non-hydrogen) atoms. The second-order valence-corrected chi connectivity index (χ2v) is 3.83. The van der Waals surface area contributed by atoms with Crippen molar-refractivity contribution in [2.75, 3.05) is 33.2 Å². The minimum absolute atomic E-state index is 0.330. The molecule has 5 nitrogen and oxygen atoms in total. The number of ether oxygens (including phenoxy) is 3. The van der Waals surface area contributed by atoms with Crippen LogP contribution in [0.3, 0.4) is 0 Å². The molecule has 0 radical (unpaired) electrons. The van der Waals surface area contributed by atoms with Gasteiger partial charge in [-0.2, -0.15) is 0 Å². The minimum Gasteiger partial charge on any atom is -0.497 e. The van der Waals surface area contributed by atoms with Crippen LogP contribution in [-0.2, 0) is 9.53 Å². The van der Waals surface area contributed by atoms with E-state index in [0.717, 1.165) is 11.4 Å². The van der Waals surface area contributed by atoms with E-state index in [-0.39, 0.29) is 5.97 Å². The second-order valence-electron chi connectivity index (χ2n) is 3.83. The Morgan fingerprint density at radius 1 is 1.26 bits per heavy atom. The number of hydrogen-bond acceptors (Lipinski definition) is 5. The third-order valence-corrected chi connectivity index (χ3v) is 2.62. The van der Waals surface area contributed by atoms with Crippen molar-refractivity contribution in [3.63, 3.8) is 0 Å². The van der Waals surface area contributed by atoms with Crippen molar-refractivity contribution in [1.82, 2.24) is 0 Å². The summed E-state index contributed by atoms with van der Waals surface area (Å²) in [5, 5.41) is 3.16. The number of carbonyl (C=O) groups excluding carboxylic acids is 1. The number of esters is 1. The van der Waals surface area contributed by atoms with E-state index < -0.39 is 0 Å². The van der Waals surface area contributed by atoms with Gasteiger partial charge in [0.15, 0.2) is 0 Å². The van der Waals surface area contributed by atoms with E-state index in [1.54, 1.807) is 33.3 Å². The summed E-state index contributed by atoms with van der Waals surface area (Å²) in [6.45, 7) is 2.21. The Kier molecular flexibility index (Phi) is 5.73. The molecule has 0 heterocycles. The van der Waals surface area contributed by atoms with Gasteiger partial charge in [-0.1, -0.05) is 6.08 Å². The fourth-order valence-corrected chi connectivity index (χ4v) is 1.50. The third-order valence-electron chi connectivity index (χ3n) is 2.62. The molecule has 0 fully saturated rings. The lowest BCUT2D eigenvalue weighted by molar-refractivity contribution is -0.136. The van der Waals surface area contributed by atoms with E-state index >= 15 is 0 Å². The molecule has 0 amide bonds. The summed E-state index contributed by atoms with van der Waals surface area (Å²) < 4.78 is 15.0. The molecule has 0 saturated carbocycles. The molecular formula is C14H19NO4. The summed E-state index contributed by atoms with van der Waals surface area (Å²) in [5.41, 5.74) is 1.39. The van der Waals surface area contributed by atoms with Crippen LogP contribution in [0.25, 0.3) is 0 Å². The topological polar surface area (TPSA) is 56.8 Å². The van der Waals surface area contributed by atoms with Gasteiger partial charge in [0.2, 0.25) is 0 Å². The molecule has 1 aromatic carbocycles. The van der Waals surface area contributed by atoms with Gasteiger partial charge in [-0.15, -0.1) is 0 Å². The highest BCUT2D eigenvalue weighted by atomic mass is 16.5. The van der Waals surface area contributed by atoms with Crippen molar-refractivity contribution in [3.8, 4) is 11.5 Å². The van der Waals surface area contributed by atoms with Crippen LogP contribution in [0.15, 0.2) is 29.8 Å². The SMILES string of the molecule is COC(=O)/C(C)=C/CNc1ccc(OC)cc1OC. The molecular weight excluding hydrogens is 246 g/mol. The van der Waals surface area contributed by atoms with E-state index in [2.05, 4.69) is 10.1 Å². The van der Waals surface area contributed by atoms with E-state index in [1.807, 2.05) is 12.1 Å². The van der Waals surface area contributed by atoms with Crippen LogP contribution >= 0.6 is 0 Å². The third kappa shape index (κ3) is 4.21. The lowest BCUT2D eigenvalue weighted by Gasteiger charge is -2.11. The molecule has 1 N–H and O–H groups in total. The van der Waals surface area contributed by atoms with Crippen molar-refractivity contribution >= 4 is 11.7 Å². The number of benzene rings is 1. The van der Waals surface area contributed by atoms with Crippen LogP contribution < -0.4 is 14.8 Å². The molecule has 0 spiro atoms.